The average molecular weight is 353 g/mol. The number of nitrogens with one attached hydrogen (secondary N) is 1. The molecule has 2 aromatic carbocycles. The molecule has 0 spiro atoms. The molecule has 1 aliphatic rings. The summed E-state index contributed by atoms with van der Waals surface area (Å²) in [4.78, 5) is 16.8. The van der Waals surface area contributed by atoms with Gasteiger partial charge in [0.15, 0.2) is 0 Å². The summed E-state index contributed by atoms with van der Waals surface area (Å²) in [5, 5.41) is 3.12. The SMILES string of the molecule is COc1cccc(C(CNC(=O)N2c3ccccc3CC2C)N(C)C)c1. The van der Waals surface area contributed by atoms with E-state index in [1.54, 1.807) is 7.11 Å². The van der Waals surface area contributed by atoms with E-state index >= 15 is 0 Å². The van der Waals surface area contributed by atoms with Crippen molar-refractivity contribution in [3.63, 3.8) is 0 Å². The Labute approximate surface area is 155 Å². The second-order valence-corrected chi connectivity index (χ2v) is 6.99. The van der Waals surface area contributed by atoms with E-state index in [0.717, 1.165) is 23.4 Å². The lowest BCUT2D eigenvalue weighted by atomic mass is 10.1. The number of methoxy groups -OCH3 is 1. The molecule has 2 atom stereocenters. The average Bonchev–Trinajstić information content (AvgIpc) is 2.97. The van der Waals surface area contributed by atoms with Crippen molar-refractivity contribution < 1.29 is 9.53 Å². The number of likely N-dealkylation sites (N-methyl/N-ethyl adjacent to an activating group) is 1. The molecule has 1 aliphatic heterocycles. The van der Waals surface area contributed by atoms with Crippen LogP contribution >= 0.6 is 0 Å². The topological polar surface area (TPSA) is 44.8 Å². The van der Waals surface area contributed by atoms with Crippen LogP contribution in [0.15, 0.2) is 48.5 Å². The lowest BCUT2D eigenvalue weighted by Crippen LogP contribution is -2.45. The first-order valence-electron chi connectivity index (χ1n) is 8.96. The minimum atomic E-state index is -0.0443. The van der Waals surface area contributed by atoms with Crippen LogP contribution in [0.5, 0.6) is 5.75 Å². The third-order valence-corrected chi connectivity index (χ3v) is 4.97. The number of nitrogens with zero attached hydrogens (tertiary/aromatic N) is 2. The third-order valence-electron chi connectivity index (χ3n) is 4.97. The number of amides is 2. The maximum Gasteiger partial charge on any atom is 0.322 e. The number of hydrogen-bond acceptors (Lipinski definition) is 3. The quantitative estimate of drug-likeness (QED) is 0.895. The lowest BCUT2D eigenvalue weighted by Gasteiger charge is -2.28. The number of benzene rings is 2. The molecule has 1 N–H and O–H groups in total. The van der Waals surface area contributed by atoms with Crippen LogP contribution in [-0.4, -0.2) is 44.7 Å². The predicted octanol–water partition coefficient (Wildman–Crippen LogP) is 3.46. The zero-order valence-electron chi connectivity index (χ0n) is 15.9. The maximum absolute atomic E-state index is 12.9. The van der Waals surface area contributed by atoms with E-state index in [9.17, 15) is 4.79 Å². The fourth-order valence-corrected chi connectivity index (χ4v) is 3.59. The number of ether oxygens (including phenoxy) is 1. The number of carbonyl (C=O) groups excluding carboxylic acids is 1. The van der Waals surface area contributed by atoms with Gasteiger partial charge in [-0.25, -0.2) is 4.79 Å². The van der Waals surface area contributed by atoms with E-state index in [-0.39, 0.29) is 18.1 Å². The van der Waals surface area contributed by atoms with Gasteiger partial charge in [0.1, 0.15) is 5.75 Å². The monoisotopic (exact) mass is 353 g/mol. The van der Waals surface area contributed by atoms with Crippen molar-refractivity contribution in [2.45, 2.75) is 25.4 Å². The Bertz CT molecular complexity index is 775. The van der Waals surface area contributed by atoms with Gasteiger partial charge < -0.3 is 15.0 Å². The Morgan fingerprint density at radius 2 is 2.04 bits per heavy atom. The highest BCUT2D eigenvalue weighted by Crippen LogP contribution is 2.31. The molecule has 0 radical (unpaired) electrons. The number of carbonyl (C=O) groups is 1. The minimum Gasteiger partial charge on any atom is -0.497 e. The van der Waals surface area contributed by atoms with Gasteiger partial charge in [0.25, 0.3) is 0 Å². The molecule has 0 saturated carbocycles. The minimum absolute atomic E-state index is 0.0443. The first-order valence-corrected chi connectivity index (χ1v) is 8.96. The Hall–Kier alpha value is -2.53. The Balaban J connectivity index is 1.72. The Morgan fingerprint density at radius 1 is 1.27 bits per heavy atom. The molecule has 0 fully saturated rings. The summed E-state index contributed by atoms with van der Waals surface area (Å²) in [6.45, 7) is 2.62. The molecule has 1 heterocycles. The second-order valence-electron chi connectivity index (χ2n) is 6.99. The summed E-state index contributed by atoms with van der Waals surface area (Å²) in [5.74, 6) is 0.822. The molecule has 26 heavy (non-hydrogen) atoms. The molecule has 2 amide bonds. The number of para-hydroxylation sites is 1. The van der Waals surface area contributed by atoms with Crippen LogP contribution in [0.1, 0.15) is 24.1 Å². The number of urea groups is 1. The highest BCUT2D eigenvalue weighted by molar-refractivity contribution is 5.94. The van der Waals surface area contributed by atoms with Gasteiger partial charge in [-0.05, 0) is 56.8 Å². The Kier molecular flexibility index (Phi) is 5.47. The van der Waals surface area contributed by atoms with Gasteiger partial charge in [-0.3, -0.25) is 4.90 Å². The first-order chi connectivity index (χ1) is 12.5. The number of fused-ring (bicyclic) bond motifs is 1. The van der Waals surface area contributed by atoms with E-state index in [4.69, 9.17) is 4.74 Å². The first kappa shape index (κ1) is 18.3. The third kappa shape index (κ3) is 3.68. The summed E-state index contributed by atoms with van der Waals surface area (Å²) in [7, 11) is 5.70. The summed E-state index contributed by atoms with van der Waals surface area (Å²) in [5.41, 5.74) is 3.36. The van der Waals surface area contributed by atoms with Crippen LogP contribution in [0.25, 0.3) is 0 Å². The molecule has 5 heteroatoms. The molecule has 0 aromatic heterocycles. The zero-order valence-corrected chi connectivity index (χ0v) is 15.9. The van der Waals surface area contributed by atoms with Crippen LogP contribution in [-0.2, 0) is 6.42 Å². The van der Waals surface area contributed by atoms with Gasteiger partial charge in [0, 0.05) is 18.3 Å². The second kappa shape index (κ2) is 7.79. The van der Waals surface area contributed by atoms with Gasteiger partial charge in [-0.15, -0.1) is 0 Å². The highest BCUT2D eigenvalue weighted by atomic mass is 16.5. The number of rotatable bonds is 5. The molecular weight excluding hydrogens is 326 g/mol. The van der Waals surface area contributed by atoms with E-state index in [1.165, 1.54) is 5.56 Å². The van der Waals surface area contributed by atoms with Crippen LogP contribution in [0.3, 0.4) is 0 Å². The van der Waals surface area contributed by atoms with Crippen molar-refractivity contribution in [2.75, 3.05) is 32.6 Å². The van der Waals surface area contributed by atoms with Crippen LogP contribution in [0, 0.1) is 0 Å². The van der Waals surface area contributed by atoms with Crippen molar-refractivity contribution in [1.29, 1.82) is 0 Å². The van der Waals surface area contributed by atoms with Gasteiger partial charge in [-0.1, -0.05) is 30.3 Å². The van der Waals surface area contributed by atoms with Crippen molar-refractivity contribution >= 4 is 11.7 Å². The predicted molar refractivity (Wildman–Crippen MR) is 105 cm³/mol. The fourth-order valence-electron chi connectivity index (χ4n) is 3.59. The van der Waals surface area contributed by atoms with Crippen molar-refractivity contribution in [1.82, 2.24) is 10.2 Å². The van der Waals surface area contributed by atoms with E-state index < -0.39 is 0 Å². The molecule has 3 rings (SSSR count). The van der Waals surface area contributed by atoms with Crippen LogP contribution in [0.2, 0.25) is 0 Å². The normalized spacial score (nSPS) is 17.1. The summed E-state index contributed by atoms with van der Waals surface area (Å²) in [6.07, 6.45) is 0.899. The summed E-state index contributed by atoms with van der Waals surface area (Å²) >= 11 is 0. The van der Waals surface area contributed by atoms with Crippen LogP contribution in [0.4, 0.5) is 10.5 Å². The van der Waals surface area contributed by atoms with Gasteiger partial charge in [0.05, 0.1) is 13.2 Å². The molecule has 0 bridgehead atoms. The van der Waals surface area contributed by atoms with Gasteiger partial charge in [-0.2, -0.15) is 0 Å². The molecule has 5 nitrogen and oxygen atoms in total. The van der Waals surface area contributed by atoms with Crippen molar-refractivity contribution in [2.24, 2.45) is 0 Å². The van der Waals surface area contributed by atoms with Gasteiger partial charge in [0.2, 0.25) is 0 Å². The summed E-state index contributed by atoms with van der Waals surface area (Å²) < 4.78 is 5.33. The lowest BCUT2D eigenvalue weighted by molar-refractivity contribution is 0.236. The molecule has 2 aromatic rings. The van der Waals surface area contributed by atoms with Crippen molar-refractivity contribution in [3.05, 3.63) is 59.7 Å². The molecule has 138 valence electrons. The van der Waals surface area contributed by atoms with Gasteiger partial charge >= 0.3 is 6.03 Å². The molecule has 0 saturated heterocycles. The largest absolute Gasteiger partial charge is 0.497 e. The number of hydrogen-bond donors (Lipinski definition) is 1. The molecule has 0 aliphatic carbocycles. The summed E-state index contributed by atoms with van der Waals surface area (Å²) in [6, 6.07) is 16.3. The highest BCUT2D eigenvalue weighted by Gasteiger charge is 2.31. The van der Waals surface area contributed by atoms with E-state index in [1.807, 2.05) is 55.4 Å². The smallest absolute Gasteiger partial charge is 0.322 e. The van der Waals surface area contributed by atoms with Crippen LogP contribution < -0.4 is 15.0 Å². The maximum atomic E-state index is 12.9. The van der Waals surface area contributed by atoms with E-state index in [2.05, 4.69) is 29.3 Å². The fraction of sp³-hybridized carbons (Fsp3) is 0.381. The number of anilines is 1. The standard InChI is InChI=1S/C21H27N3O2/c1-15-12-16-8-5-6-11-19(16)24(15)21(25)22-14-20(23(2)3)17-9-7-10-18(13-17)26-4/h5-11,13,15,20H,12,14H2,1-4H3,(H,22,25). The van der Waals surface area contributed by atoms with E-state index in [0.29, 0.717) is 6.54 Å². The van der Waals surface area contributed by atoms with Crippen molar-refractivity contribution in [3.8, 4) is 5.75 Å². The molecular formula is C21H27N3O2. The molecule has 2 unspecified atom stereocenters. The zero-order chi connectivity index (χ0) is 18.7. The Morgan fingerprint density at radius 3 is 2.77 bits per heavy atom.